The Bertz CT molecular complexity index is 1340. The highest BCUT2D eigenvalue weighted by Crippen LogP contribution is 2.35. The maximum atomic E-state index is 13.9. The van der Waals surface area contributed by atoms with Crippen molar-refractivity contribution < 1.29 is 27.2 Å². The largest absolute Gasteiger partial charge is 0.517 e. The Morgan fingerprint density at radius 3 is 2.18 bits per heavy atom. The Morgan fingerprint density at radius 2 is 1.64 bits per heavy atom. The SMILES string of the molecule is CCN(C(=O)Cc1ccc(S(C)(=O)=O)cc1)C1CCN(CCC(c2ccccc2)[N+]2(C(=O)OC(C)(C)C)CCNCC2)CC1. The molecule has 2 aromatic rings. The van der Waals surface area contributed by atoms with Gasteiger partial charge in [-0.25, -0.2) is 12.9 Å². The van der Waals surface area contributed by atoms with Gasteiger partial charge in [-0.15, -0.1) is 0 Å². The molecule has 1 atom stereocenters. The number of hydrogen-bond acceptors (Lipinski definition) is 7. The first-order valence-corrected chi connectivity index (χ1v) is 17.9. The average molecular weight is 628 g/mol. The number of nitrogens with zero attached hydrogens (tertiary/aromatic N) is 3. The Hall–Kier alpha value is -2.79. The standard InChI is InChI=1S/C34H51N4O5S/c1-6-37(32(39)26-27-12-14-30(15-13-27)44(5,41)42)29-16-21-36(22-17-29)23-18-31(28-10-8-7-9-11-28)38(24-19-35-20-25-38)33(40)43-34(2,3)4/h7-15,29,31,35H,6,16-26H2,1-5H3/q+1. The van der Waals surface area contributed by atoms with Crippen molar-refractivity contribution in [2.45, 2.75) is 76.0 Å². The molecule has 0 saturated carbocycles. The first-order valence-electron chi connectivity index (χ1n) is 16.0. The summed E-state index contributed by atoms with van der Waals surface area (Å²) in [5, 5.41) is 3.43. The zero-order chi connectivity index (χ0) is 32.0. The van der Waals surface area contributed by atoms with Gasteiger partial charge in [0.2, 0.25) is 5.91 Å². The van der Waals surface area contributed by atoms with Crippen molar-refractivity contribution in [3.63, 3.8) is 0 Å². The molecule has 1 N–H and O–H groups in total. The number of nitrogens with one attached hydrogen (secondary N) is 1. The highest BCUT2D eigenvalue weighted by molar-refractivity contribution is 7.90. The fourth-order valence-corrected chi connectivity index (χ4v) is 7.30. The summed E-state index contributed by atoms with van der Waals surface area (Å²) in [6.07, 6.45) is 3.95. The van der Waals surface area contributed by atoms with Gasteiger partial charge < -0.3 is 19.9 Å². The molecule has 2 aliphatic heterocycles. The van der Waals surface area contributed by atoms with Crippen LogP contribution in [0.25, 0.3) is 0 Å². The highest BCUT2D eigenvalue weighted by atomic mass is 32.2. The van der Waals surface area contributed by atoms with Gasteiger partial charge in [0.25, 0.3) is 0 Å². The molecule has 0 aromatic heterocycles. The minimum absolute atomic E-state index is 0.00586. The van der Waals surface area contributed by atoms with Crippen LogP contribution in [0.3, 0.4) is 0 Å². The molecule has 2 saturated heterocycles. The van der Waals surface area contributed by atoms with Gasteiger partial charge >= 0.3 is 6.09 Å². The number of sulfone groups is 1. The number of benzene rings is 2. The quantitative estimate of drug-likeness (QED) is 0.390. The molecule has 0 bridgehead atoms. The van der Waals surface area contributed by atoms with Crippen molar-refractivity contribution in [2.75, 3.05) is 58.6 Å². The molecule has 9 nitrogen and oxygen atoms in total. The first kappa shape index (κ1) is 34.1. The Kier molecular flexibility index (Phi) is 11.3. The van der Waals surface area contributed by atoms with Crippen LogP contribution in [-0.2, 0) is 25.8 Å². The van der Waals surface area contributed by atoms with E-state index in [-0.39, 0.29) is 35.4 Å². The third-order valence-electron chi connectivity index (χ3n) is 9.00. The Morgan fingerprint density at radius 1 is 1.02 bits per heavy atom. The van der Waals surface area contributed by atoms with Crippen molar-refractivity contribution >= 4 is 21.8 Å². The molecule has 10 heteroatoms. The van der Waals surface area contributed by atoms with Crippen molar-refractivity contribution in [1.29, 1.82) is 0 Å². The topological polar surface area (TPSA) is 96.0 Å². The summed E-state index contributed by atoms with van der Waals surface area (Å²) in [7, 11) is -3.27. The maximum Gasteiger partial charge on any atom is 0.517 e. The van der Waals surface area contributed by atoms with Gasteiger partial charge in [-0.3, -0.25) is 4.79 Å². The van der Waals surface area contributed by atoms with E-state index in [2.05, 4.69) is 34.5 Å². The normalized spacial score (nSPS) is 18.8. The zero-order valence-corrected chi connectivity index (χ0v) is 27.9. The molecule has 0 radical (unpaired) electrons. The number of ether oxygens (including phenoxy) is 1. The second-order valence-corrected chi connectivity index (χ2v) is 15.3. The van der Waals surface area contributed by atoms with Gasteiger partial charge in [0.05, 0.1) is 11.3 Å². The van der Waals surface area contributed by atoms with E-state index in [1.165, 1.54) is 11.8 Å². The van der Waals surface area contributed by atoms with E-state index in [0.717, 1.165) is 57.5 Å². The molecular formula is C34H51N4O5S+. The van der Waals surface area contributed by atoms with Gasteiger partial charge in [-0.1, -0.05) is 42.5 Å². The van der Waals surface area contributed by atoms with Crippen LogP contribution < -0.4 is 5.32 Å². The molecular weight excluding hydrogens is 576 g/mol. The van der Waals surface area contributed by atoms with E-state index in [1.54, 1.807) is 24.3 Å². The summed E-state index contributed by atoms with van der Waals surface area (Å²) in [5.74, 6) is 0.0738. The predicted octanol–water partition coefficient (Wildman–Crippen LogP) is 4.43. The number of quaternary nitrogens is 1. The molecule has 0 spiro atoms. The van der Waals surface area contributed by atoms with Crippen LogP contribution in [0.15, 0.2) is 59.5 Å². The van der Waals surface area contributed by atoms with Crippen LogP contribution in [0, 0.1) is 0 Å². The smallest absolute Gasteiger partial charge is 0.414 e. The summed E-state index contributed by atoms with van der Waals surface area (Å²) >= 11 is 0. The molecule has 0 aliphatic carbocycles. The van der Waals surface area contributed by atoms with Gasteiger partial charge in [0.1, 0.15) is 24.7 Å². The average Bonchev–Trinajstić information content (AvgIpc) is 2.98. The number of piperidine rings is 1. The zero-order valence-electron chi connectivity index (χ0n) is 27.1. The summed E-state index contributed by atoms with van der Waals surface area (Å²) < 4.78 is 29.9. The minimum atomic E-state index is -3.27. The van der Waals surface area contributed by atoms with Crippen LogP contribution in [0.5, 0.6) is 0 Å². The number of hydrogen-bond donors (Lipinski definition) is 1. The van der Waals surface area contributed by atoms with Crippen LogP contribution in [0.2, 0.25) is 0 Å². The number of likely N-dealkylation sites (N-methyl/N-ethyl adjacent to an activating group) is 1. The number of piperazine rings is 1. The fourth-order valence-electron chi connectivity index (χ4n) is 6.67. The third kappa shape index (κ3) is 8.68. The molecule has 2 fully saturated rings. The molecule has 44 heavy (non-hydrogen) atoms. The monoisotopic (exact) mass is 627 g/mol. The van der Waals surface area contributed by atoms with E-state index in [4.69, 9.17) is 4.74 Å². The van der Waals surface area contributed by atoms with Crippen LogP contribution in [0.1, 0.15) is 64.1 Å². The summed E-state index contributed by atoms with van der Waals surface area (Å²) in [6, 6.07) is 17.2. The van der Waals surface area contributed by atoms with Gasteiger partial charge in [0.15, 0.2) is 9.84 Å². The second kappa shape index (κ2) is 14.5. The van der Waals surface area contributed by atoms with E-state index >= 15 is 0 Å². The minimum Gasteiger partial charge on any atom is -0.414 e. The molecule has 242 valence electrons. The van der Waals surface area contributed by atoms with Crippen molar-refractivity contribution in [2.24, 2.45) is 0 Å². The lowest BCUT2D eigenvalue weighted by atomic mass is 9.96. The molecule has 2 heterocycles. The van der Waals surface area contributed by atoms with Gasteiger partial charge in [-0.05, 0) is 58.2 Å². The molecule has 4 rings (SSSR count). The number of likely N-dealkylation sites (tertiary alicyclic amines) is 1. The molecule has 2 aromatic carbocycles. The van der Waals surface area contributed by atoms with Crippen molar-refractivity contribution in [1.82, 2.24) is 15.1 Å². The number of carbonyl (C=O) groups is 2. The Labute approximate surface area is 264 Å². The number of rotatable bonds is 10. The van der Waals surface area contributed by atoms with E-state index in [9.17, 15) is 18.0 Å². The molecule has 2 aliphatic rings. The third-order valence-corrected chi connectivity index (χ3v) is 10.1. The number of amides is 2. The predicted molar refractivity (Wildman–Crippen MR) is 173 cm³/mol. The summed E-state index contributed by atoms with van der Waals surface area (Å²) in [6.45, 7) is 14.1. The van der Waals surface area contributed by atoms with E-state index < -0.39 is 15.4 Å². The Balaban J connectivity index is 1.40. The lowest BCUT2D eigenvalue weighted by Crippen LogP contribution is -2.64. The van der Waals surface area contributed by atoms with E-state index in [1.807, 2.05) is 38.7 Å². The van der Waals surface area contributed by atoms with Crippen LogP contribution in [0.4, 0.5) is 4.79 Å². The van der Waals surface area contributed by atoms with Crippen LogP contribution in [-0.4, -0.2) is 105 Å². The van der Waals surface area contributed by atoms with Crippen molar-refractivity contribution in [3.8, 4) is 0 Å². The first-order chi connectivity index (χ1) is 20.8. The maximum absolute atomic E-state index is 13.9. The molecule has 1 unspecified atom stereocenters. The van der Waals surface area contributed by atoms with Gasteiger partial charge in [0, 0.05) is 63.6 Å². The summed E-state index contributed by atoms with van der Waals surface area (Å²) in [5.41, 5.74) is 1.43. The number of carbonyl (C=O) groups excluding carboxylic acids is 2. The summed E-state index contributed by atoms with van der Waals surface area (Å²) in [4.78, 5) is 31.9. The van der Waals surface area contributed by atoms with Crippen LogP contribution >= 0.6 is 0 Å². The van der Waals surface area contributed by atoms with E-state index in [0.29, 0.717) is 24.1 Å². The van der Waals surface area contributed by atoms with Crippen molar-refractivity contribution in [3.05, 3.63) is 65.7 Å². The lowest BCUT2D eigenvalue weighted by Gasteiger charge is -2.45. The lowest BCUT2D eigenvalue weighted by molar-refractivity contribution is -0.891. The second-order valence-electron chi connectivity index (χ2n) is 13.3. The fraction of sp³-hybridized carbons (Fsp3) is 0.588. The highest BCUT2D eigenvalue weighted by Gasteiger charge is 2.49. The molecule has 2 amide bonds. The van der Waals surface area contributed by atoms with Gasteiger partial charge in [-0.2, -0.15) is 4.79 Å².